The molecule has 94 valence electrons. The summed E-state index contributed by atoms with van der Waals surface area (Å²) in [5.41, 5.74) is 4.46. The van der Waals surface area contributed by atoms with Crippen molar-refractivity contribution in [2.75, 3.05) is 10.7 Å². The number of nitrogens with one attached hydrogen (secondary N) is 2. The lowest BCUT2D eigenvalue weighted by Gasteiger charge is -2.12. The van der Waals surface area contributed by atoms with Crippen LogP contribution in [-0.4, -0.2) is 9.97 Å². The Balaban J connectivity index is 2.34. The first-order valence-electron chi connectivity index (χ1n) is 5.44. The number of aromatic nitrogens is 2. The van der Waals surface area contributed by atoms with Crippen LogP contribution in [0, 0.1) is 17.4 Å². The van der Waals surface area contributed by atoms with E-state index >= 15 is 0 Å². The molecule has 6 heteroatoms. The Morgan fingerprint density at radius 1 is 1.06 bits per heavy atom. The van der Waals surface area contributed by atoms with Crippen LogP contribution in [0.15, 0.2) is 24.3 Å². The van der Waals surface area contributed by atoms with Crippen LogP contribution >= 0.6 is 22.6 Å². The smallest absolute Gasteiger partial charge is 0.148 e. The maximum Gasteiger partial charge on any atom is 0.148 e. The lowest BCUT2D eigenvalue weighted by molar-refractivity contribution is 1.03. The van der Waals surface area contributed by atoms with Crippen molar-refractivity contribution in [3.8, 4) is 0 Å². The van der Waals surface area contributed by atoms with Crippen molar-refractivity contribution in [2.24, 2.45) is 5.84 Å². The number of halogens is 1. The van der Waals surface area contributed by atoms with E-state index in [4.69, 9.17) is 5.84 Å². The fraction of sp³-hybridized carbons (Fsp3) is 0.167. The van der Waals surface area contributed by atoms with Crippen LogP contribution in [0.1, 0.15) is 11.4 Å². The zero-order valence-electron chi connectivity index (χ0n) is 10.2. The molecule has 0 atom stereocenters. The summed E-state index contributed by atoms with van der Waals surface area (Å²) in [7, 11) is 0. The van der Waals surface area contributed by atoms with Gasteiger partial charge >= 0.3 is 0 Å². The number of nitrogens with two attached hydrogens (primary N) is 1. The molecule has 1 aromatic carbocycles. The van der Waals surface area contributed by atoms with E-state index in [9.17, 15) is 0 Å². The van der Waals surface area contributed by atoms with Gasteiger partial charge in [0.1, 0.15) is 17.5 Å². The van der Waals surface area contributed by atoms with Crippen LogP contribution in [0.3, 0.4) is 0 Å². The number of benzene rings is 1. The van der Waals surface area contributed by atoms with Gasteiger partial charge in [0.2, 0.25) is 0 Å². The molecule has 0 spiro atoms. The number of rotatable bonds is 3. The Hall–Kier alpha value is -1.41. The normalized spacial score (nSPS) is 10.2. The third-order valence-electron chi connectivity index (χ3n) is 2.50. The molecule has 0 bridgehead atoms. The van der Waals surface area contributed by atoms with Gasteiger partial charge in [-0.15, -0.1) is 0 Å². The first-order valence-corrected chi connectivity index (χ1v) is 6.52. The summed E-state index contributed by atoms with van der Waals surface area (Å²) in [6, 6.07) is 8.09. The molecule has 0 unspecified atom stereocenters. The van der Waals surface area contributed by atoms with Gasteiger partial charge in [-0.2, -0.15) is 0 Å². The monoisotopic (exact) mass is 355 g/mol. The molecule has 1 heterocycles. The van der Waals surface area contributed by atoms with Crippen molar-refractivity contribution in [3.63, 3.8) is 0 Å². The molecule has 0 aliphatic heterocycles. The molecule has 5 nitrogen and oxygen atoms in total. The lowest BCUT2D eigenvalue weighted by Crippen LogP contribution is -2.13. The quantitative estimate of drug-likeness (QED) is 0.449. The van der Waals surface area contributed by atoms with Gasteiger partial charge in [0, 0.05) is 14.8 Å². The molecule has 0 aliphatic rings. The molecule has 0 aliphatic carbocycles. The SMILES string of the molecule is Cc1nc(NN)c(C)c(Nc2ccc(I)cc2)n1. The van der Waals surface area contributed by atoms with Crippen LogP contribution in [0.5, 0.6) is 0 Å². The molecule has 1 aromatic heterocycles. The van der Waals surface area contributed by atoms with Gasteiger partial charge in [-0.05, 0) is 60.7 Å². The van der Waals surface area contributed by atoms with Crippen LogP contribution in [0.25, 0.3) is 0 Å². The van der Waals surface area contributed by atoms with Crippen LogP contribution in [-0.2, 0) is 0 Å². The fourth-order valence-electron chi connectivity index (χ4n) is 1.56. The van der Waals surface area contributed by atoms with E-state index in [-0.39, 0.29) is 0 Å². The molecule has 2 rings (SSSR count). The van der Waals surface area contributed by atoms with E-state index in [2.05, 4.69) is 43.3 Å². The summed E-state index contributed by atoms with van der Waals surface area (Å²) in [5, 5.41) is 3.26. The maximum absolute atomic E-state index is 5.43. The van der Waals surface area contributed by atoms with Crippen molar-refractivity contribution in [1.82, 2.24) is 9.97 Å². The molecule has 4 N–H and O–H groups in total. The Morgan fingerprint density at radius 2 is 1.67 bits per heavy atom. The van der Waals surface area contributed by atoms with Gasteiger partial charge in [-0.25, -0.2) is 15.8 Å². The third kappa shape index (κ3) is 2.88. The summed E-state index contributed by atoms with van der Waals surface area (Å²) in [6.45, 7) is 3.75. The van der Waals surface area contributed by atoms with E-state index in [0.717, 1.165) is 17.1 Å². The Morgan fingerprint density at radius 3 is 2.28 bits per heavy atom. The van der Waals surface area contributed by atoms with E-state index in [0.29, 0.717) is 11.6 Å². The van der Waals surface area contributed by atoms with Crippen LogP contribution in [0.4, 0.5) is 17.3 Å². The van der Waals surface area contributed by atoms with Gasteiger partial charge in [0.05, 0.1) is 0 Å². The second-order valence-electron chi connectivity index (χ2n) is 3.87. The van der Waals surface area contributed by atoms with Crippen LogP contribution < -0.4 is 16.6 Å². The van der Waals surface area contributed by atoms with E-state index in [1.165, 1.54) is 3.57 Å². The molecule has 18 heavy (non-hydrogen) atoms. The number of hydrazine groups is 1. The van der Waals surface area contributed by atoms with Gasteiger partial charge in [0.25, 0.3) is 0 Å². The average molecular weight is 355 g/mol. The maximum atomic E-state index is 5.43. The predicted octanol–water partition coefficient (Wildman–Crippen LogP) is 2.73. The lowest BCUT2D eigenvalue weighted by atomic mass is 10.2. The van der Waals surface area contributed by atoms with Gasteiger partial charge in [0.15, 0.2) is 0 Å². The van der Waals surface area contributed by atoms with Crippen LogP contribution in [0.2, 0.25) is 0 Å². The summed E-state index contributed by atoms with van der Waals surface area (Å²) in [5.74, 6) is 7.50. The minimum absolute atomic E-state index is 0.635. The first-order chi connectivity index (χ1) is 8.60. The zero-order valence-corrected chi connectivity index (χ0v) is 12.3. The standard InChI is InChI=1S/C12H14IN5/c1-7-11(15-8(2)16-12(7)18-14)17-10-5-3-9(13)4-6-10/h3-6H,14H2,1-2H3,(H2,15,16,17,18). The number of aryl methyl sites for hydroxylation is 1. The Labute approximate surface area is 119 Å². The topological polar surface area (TPSA) is 75.9 Å². The predicted molar refractivity (Wildman–Crippen MR) is 81.8 cm³/mol. The number of hydrogen-bond donors (Lipinski definition) is 3. The zero-order chi connectivity index (χ0) is 13.1. The molecular weight excluding hydrogens is 341 g/mol. The molecule has 0 fully saturated rings. The summed E-state index contributed by atoms with van der Waals surface area (Å²) < 4.78 is 1.19. The van der Waals surface area contributed by atoms with Crippen molar-refractivity contribution in [2.45, 2.75) is 13.8 Å². The molecular formula is C12H14IN5. The highest BCUT2D eigenvalue weighted by Gasteiger charge is 2.08. The minimum atomic E-state index is 0.635. The third-order valence-corrected chi connectivity index (χ3v) is 3.22. The van der Waals surface area contributed by atoms with Gasteiger partial charge in [-0.3, -0.25) is 0 Å². The largest absolute Gasteiger partial charge is 0.340 e. The second-order valence-corrected chi connectivity index (χ2v) is 5.11. The summed E-state index contributed by atoms with van der Waals surface area (Å²) in [4.78, 5) is 8.60. The summed E-state index contributed by atoms with van der Waals surface area (Å²) >= 11 is 2.27. The average Bonchev–Trinajstić information content (AvgIpc) is 2.36. The van der Waals surface area contributed by atoms with Crippen molar-refractivity contribution >= 4 is 39.9 Å². The number of anilines is 3. The molecule has 0 saturated heterocycles. The number of nitrogen functional groups attached to an aromatic ring is 1. The van der Waals surface area contributed by atoms with E-state index < -0.39 is 0 Å². The molecule has 2 aromatic rings. The van der Waals surface area contributed by atoms with Crippen molar-refractivity contribution < 1.29 is 0 Å². The Kier molecular flexibility index (Phi) is 3.97. The Bertz CT molecular complexity index is 553. The highest BCUT2D eigenvalue weighted by molar-refractivity contribution is 14.1. The molecule has 0 saturated carbocycles. The minimum Gasteiger partial charge on any atom is -0.340 e. The summed E-state index contributed by atoms with van der Waals surface area (Å²) in [6.07, 6.45) is 0. The van der Waals surface area contributed by atoms with Gasteiger partial charge in [-0.1, -0.05) is 0 Å². The van der Waals surface area contributed by atoms with Gasteiger partial charge < -0.3 is 10.7 Å². The van der Waals surface area contributed by atoms with E-state index in [1.807, 2.05) is 38.1 Å². The number of nitrogens with zero attached hydrogens (tertiary/aromatic N) is 2. The highest BCUT2D eigenvalue weighted by atomic mass is 127. The van der Waals surface area contributed by atoms with Crippen molar-refractivity contribution in [3.05, 3.63) is 39.2 Å². The van der Waals surface area contributed by atoms with E-state index in [1.54, 1.807) is 0 Å². The fourth-order valence-corrected chi connectivity index (χ4v) is 1.92. The highest BCUT2D eigenvalue weighted by Crippen LogP contribution is 2.23. The molecule has 0 amide bonds. The first kappa shape index (κ1) is 13.0. The second kappa shape index (κ2) is 5.49. The molecule has 0 radical (unpaired) electrons. The number of hydrogen-bond acceptors (Lipinski definition) is 5. The van der Waals surface area contributed by atoms with Crippen molar-refractivity contribution in [1.29, 1.82) is 0 Å².